The molecule has 2 aliphatic heterocycles. The average Bonchev–Trinajstić information content (AvgIpc) is 3.22. The van der Waals surface area contributed by atoms with Gasteiger partial charge in [-0.3, -0.25) is 0 Å². The van der Waals surface area contributed by atoms with Gasteiger partial charge in [0.15, 0.2) is 5.82 Å². The number of hydrogen-bond donors (Lipinski definition) is 1. The number of tetrazole rings is 1. The minimum Gasteiger partial charge on any atom is -0.346 e. The van der Waals surface area contributed by atoms with Crippen LogP contribution in [-0.4, -0.2) is 37.9 Å². The van der Waals surface area contributed by atoms with Crippen LogP contribution in [-0.2, 0) is 19.5 Å². The minimum atomic E-state index is 0.660. The van der Waals surface area contributed by atoms with Gasteiger partial charge in [-0.1, -0.05) is 18.2 Å². The molecule has 0 unspecified atom stereocenters. The molecule has 5 rings (SSSR count). The summed E-state index contributed by atoms with van der Waals surface area (Å²) < 4.78 is 4.40. The van der Waals surface area contributed by atoms with Crippen molar-refractivity contribution in [3.8, 4) is 11.4 Å². The van der Waals surface area contributed by atoms with Gasteiger partial charge in [0.05, 0.1) is 5.52 Å². The van der Waals surface area contributed by atoms with Crippen LogP contribution in [0, 0.1) is 5.92 Å². The summed E-state index contributed by atoms with van der Waals surface area (Å²) in [4.78, 5) is 0. The summed E-state index contributed by atoms with van der Waals surface area (Å²) in [5.41, 5.74) is 3.99. The van der Waals surface area contributed by atoms with Gasteiger partial charge < -0.3 is 9.88 Å². The Morgan fingerprint density at radius 2 is 2.12 bits per heavy atom. The summed E-state index contributed by atoms with van der Waals surface area (Å²) in [6, 6.07) is 6.62. The van der Waals surface area contributed by atoms with Crippen LogP contribution in [0.15, 0.2) is 24.4 Å². The van der Waals surface area contributed by atoms with Crippen LogP contribution in [0.3, 0.4) is 0 Å². The smallest absolute Gasteiger partial charge is 0.184 e. The minimum absolute atomic E-state index is 0.660. The zero-order valence-electron chi connectivity index (χ0n) is 13.8. The van der Waals surface area contributed by atoms with Gasteiger partial charge in [0.1, 0.15) is 0 Å². The molecule has 124 valence electrons. The van der Waals surface area contributed by atoms with Crippen molar-refractivity contribution in [1.82, 2.24) is 30.1 Å². The lowest BCUT2D eigenvalue weighted by Crippen LogP contribution is -2.30. The van der Waals surface area contributed by atoms with E-state index in [4.69, 9.17) is 0 Å². The van der Waals surface area contributed by atoms with Crippen LogP contribution in [0.1, 0.15) is 24.8 Å². The number of aryl methyl sites for hydroxylation is 2. The maximum Gasteiger partial charge on any atom is 0.184 e. The SMILES string of the molecule is c1cc2c3c(c1)c(-c1nnnn1CC1CCNCC1)cn3CCC2. The number of piperidine rings is 1. The average molecular weight is 322 g/mol. The molecule has 0 radical (unpaired) electrons. The van der Waals surface area contributed by atoms with Gasteiger partial charge in [-0.05, 0) is 60.7 Å². The highest BCUT2D eigenvalue weighted by Gasteiger charge is 2.22. The number of aromatic nitrogens is 5. The van der Waals surface area contributed by atoms with Crippen LogP contribution in [0.25, 0.3) is 22.3 Å². The topological polar surface area (TPSA) is 60.6 Å². The van der Waals surface area contributed by atoms with Crippen molar-refractivity contribution in [2.24, 2.45) is 5.92 Å². The first-order valence-electron chi connectivity index (χ1n) is 8.98. The van der Waals surface area contributed by atoms with E-state index < -0.39 is 0 Å². The Labute approximate surface area is 140 Å². The number of rotatable bonds is 3. The van der Waals surface area contributed by atoms with Gasteiger partial charge in [-0.15, -0.1) is 5.10 Å². The molecule has 0 bridgehead atoms. The Morgan fingerprint density at radius 3 is 3.04 bits per heavy atom. The van der Waals surface area contributed by atoms with E-state index in [0.29, 0.717) is 5.92 Å². The summed E-state index contributed by atoms with van der Waals surface area (Å²) in [6.07, 6.45) is 7.02. The predicted molar refractivity (Wildman–Crippen MR) is 92.7 cm³/mol. The summed E-state index contributed by atoms with van der Waals surface area (Å²) in [5.74, 6) is 1.57. The van der Waals surface area contributed by atoms with E-state index in [-0.39, 0.29) is 0 Å². The monoisotopic (exact) mass is 322 g/mol. The molecule has 6 nitrogen and oxygen atoms in total. The standard InChI is InChI=1S/C18H22N6/c1-3-14-4-2-10-23-12-16(15(5-1)17(14)23)18-20-21-22-24(18)11-13-6-8-19-9-7-13/h1,3,5,12-13,19H,2,4,6-11H2. The first kappa shape index (κ1) is 14.2. The third-order valence-corrected chi connectivity index (χ3v) is 5.49. The lowest BCUT2D eigenvalue weighted by Gasteiger charge is -2.22. The first-order chi connectivity index (χ1) is 11.9. The third kappa shape index (κ3) is 2.24. The molecule has 1 fully saturated rings. The third-order valence-electron chi connectivity index (χ3n) is 5.49. The molecule has 1 saturated heterocycles. The van der Waals surface area contributed by atoms with Crippen molar-refractivity contribution in [2.75, 3.05) is 13.1 Å². The molecule has 0 atom stereocenters. The van der Waals surface area contributed by atoms with Crippen LogP contribution >= 0.6 is 0 Å². The van der Waals surface area contributed by atoms with Crippen LogP contribution < -0.4 is 5.32 Å². The molecule has 0 spiro atoms. The van der Waals surface area contributed by atoms with Crippen molar-refractivity contribution in [2.45, 2.75) is 38.8 Å². The first-order valence-corrected chi connectivity index (χ1v) is 8.98. The number of hydrogen-bond acceptors (Lipinski definition) is 4. The Morgan fingerprint density at radius 1 is 1.21 bits per heavy atom. The number of benzene rings is 1. The maximum atomic E-state index is 4.37. The molecular weight excluding hydrogens is 300 g/mol. The summed E-state index contributed by atoms with van der Waals surface area (Å²) in [5, 5.41) is 17.4. The largest absolute Gasteiger partial charge is 0.346 e. The van der Waals surface area contributed by atoms with Crippen molar-refractivity contribution in [1.29, 1.82) is 0 Å². The lowest BCUT2D eigenvalue weighted by atomic mass is 9.98. The zero-order chi connectivity index (χ0) is 15.9. The van der Waals surface area contributed by atoms with Crippen molar-refractivity contribution < 1.29 is 0 Å². The van der Waals surface area contributed by atoms with Gasteiger partial charge in [-0.25, -0.2) is 4.68 Å². The Hall–Kier alpha value is -2.21. The second kappa shape index (κ2) is 5.70. The number of nitrogens with one attached hydrogen (secondary N) is 1. The number of nitrogens with zero attached hydrogens (tertiary/aromatic N) is 5. The quantitative estimate of drug-likeness (QED) is 0.803. The summed E-state index contributed by atoms with van der Waals surface area (Å²) >= 11 is 0. The van der Waals surface area contributed by atoms with Gasteiger partial charge in [-0.2, -0.15) is 0 Å². The molecule has 2 aromatic heterocycles. The normalized spacial score (nSPS) is 18.3. The Balaban J connectivity index is 1.57. The fraction of sp³-hybridized carbons (Fsp3) is 0.500. The molecule has 4 heterocycles. The molecule has 1 N–H and O–H groups in total. The summed E-state index contributed by atoms with van der Waals surface area (Å²) in [7, 11) is 0. The predicted octanol–water partition coefficient (Wildman–Crippen LogP) is 2.24. The molecule has 0 amide bonds. The van der Waals surface area contributed by atoms with Crippen molar-refractivity contribution in [3.63, 3.8) is 0 Å². The number of para-hydroxylation sites is 1. The highest BCUT2D eigenvalue weighted by molar-refractivity contribution is 5.96. The summed E-state index contributed by atoms with van der Waals surface area (Å²) in [6.45, 7) is 4.20. The zero-order valence-corrected chi connectivity index (χ0v) is 13.8. The molecular formula is C18H22N6. The van der Waals surface area contributed by atoms with E-state index in [2.05, 4.69) is 49.8 Å². The van der Waals surface area contributed by atoms with E-state index in [0.717, 1.165) is 32.0 Å². The second-order valence-corrected chi connectivity index (χ2v) is 7.03. The molecule has 24 heavy (non-hydrogen) atoms. The molecule has 1 aromatic carbocycles. The fourth-order valence-corrected chi connectivity index (χ4v) is 4.26. The Bertz CT molecular complexity index is 871. The van der Waals surface area contributed by atoms with Crippen LogP contribution in [0.2, 0.25) is 0 Å². The Kier molecular flexibility index (Phi) is 3.36. The van der Waals surface area contributed by atoms with E-state index in [1.54, 1.807) is 0 Å². The fourth-order valence-electron chi connectivity index (χ4n) is 4.26. The van der Waals surface area contributed by atoms with E-state index in [9.17, 15) is 0 Å². The molecule has 0 saturated carbocycles. The maximum absolute atomic E-state index is 4.37. The molecule has 2 aliphatic rings. The molecule has 3 aromatic rings. The van der Waals surface area contributed by atoms with Crippen LogP contribution in [0.5, 0.6) is 0 Å². The second-order valence-electron chi connectivity index (χ2n) is 7.03. The van der Waals surface area contributed by atoms with Gasteiger partial charge in [0, 0.05) is 30.2 Å². The highest BCUT2D eigenvalue weighted by atomic mass is 15.5. The van der Waals surface area contributed by atoms with E-state index in [1.807, 2.05) is 4.68 Å². The van der Waals surface area contributed by atoms with E-state index >= 15 is 0 Å². The van der Waals surface area contributed by atoms with Crippen LogP contribution in [0.4, 0.5) is 0 Å². The molecule has 0 aliphatic carbocycles. The van der Waals surface area contributed by atoms with Crippen molar-refractivity contribution >= 4 is 10.9 Å². The van der Waals surface area contributed by atoms with Gasteiger partial charge in [0.25, 0.3) is 0 Å². The van der Waals surface area contributed by atoms with Gasteiger partial charge >= 0.3 is 0 Å². The van der Waals surface area contributed by atoms with Crippen molar-refractivity contribution in [3.05, 3.63) is 30.0 Å². The van der Waals surface area contributed by atoms with E-state index in [1.165, 1.54) is 47.7 Å². The lowest BCUT2D eigenvalue weighted by molar-refractivity contribution is 0.320. The highest BCUT2D eigenvalue weighted by Crippen LogP contribution is 2.34. The van der Waals surface area contributed by atoms with Gasteiger partial charge in [0.2, 0.25) is 0 Å². The molecule has 6 heteroatoms.